The van der Waals surface area contributed by atoms with Crippen molar-refractivity contribution in [3.05, 3.63) is 0 Å². The van der Waals surface area contributed by atoms with Crippen LogP contribution >= 0.6 is 0 Å². The van der Waals surface area contributed by atoms with Crippen LogP contribution in [0.25, 0.3) is 0 Å². The van der Waals surface area contributed by atoms with Gasteiger partial charge in [-0.3, -0.25) is 0 Å². The molecular formula is C9H17N3O. The van der Waals surface area contributed by atoms with Crippen molar-refractivity contribution in [3.8, 4) is 0 Å². The van der Waals surface area contributed by atoms with Crippen molar-refractivity contribution in [2.45, 2.75) is 25.3 Å². The first-order chi connectivity index (χ1) is 6.24. The fraction of sp³-hybridized carbons (Fsp3) is 0.889. The maximum absolute atomic E-state index is 10.6. The quantitative estimate of drug-likeness (QED) is 0.654. The molecule has 4 heteroatoms. The highest BCUT2D eigenvalue weighted by atomic mass is 16.2. The summed E-state index contributed by atoms with van der Waals surface area (Å²) in [5.41, 5.74) is 5.06. The van der Waals surface area contributed by atoms with E-state index >= 15 is 0 Å². The van der Waals surface area contributed by atoms with Gasteiger partial charge in [-0.15, -0.1) is 0 Å². The molecule has 0 aromatic heterocycles. The molecule has 1 unspecified atom stereocenters. The normalized spacial score (nSPS) is 29.1. The molecule has 2 aliphatic rings. The number of nitrogens with zero attached hydrogens (tertiary/aromatic N) is 1. The number of primary amides is 1. The van der Waals surface area contributed by atoms with Gasteiger partial charge in [-0.25, -0.2) is 4.79 Å². The predicted octanol–water partition coefficient (Wildman–Crippen LogP) is 0.139. The molecule has 74 valence electrons. The molecular weight excluding hydrogens is 166 g/mol. The van der Waals surface area contributed by atoms with Gasteiger partial charge in [0.15, 0.2) is 0 Å². The first-order valence-corrected chi connectivity index (χ1v) is 5.02. The smallest absolute Gasteiger partial charge is 0.312 e. The van der Waals surface area contributed by atoms with Crippen molar-refractivity contribution in [3.63, 3.8) is 0 Å². The van der Waals surface area contributed by atoms with E-state index in [1.807, 2.05) is 0 Å². The van der Waals surface area contributed by atoms with Crippen molar-refractivity contribution in [1.82, 2.24) is 10.2 Å². The molecule has 0 aromatic carbocycles. The van der Waals surface area contributed by atoms with Crippen LogP contribution in [0.2, 0.25) is 0 Å². The number of likely N-dealkylation sites (tertiary alicyclic amines) is 1. The SMILES string of the molecule is NC(=O)NC1CCN(CC2CC2)C1. The summed E-state index contributed by atoms with van der Waals surface area (Å²) in [5, 5.41) is 2.76. The van der Waals surface area contributed by atoms with Gasteiger partial charge in [-0.1, -0.05) is 0 Å². The van der Waals surface area contributed by atoms with E-state index in [9.17, 15) is 4.79 Å². The van der Waals surface area contributed by atoms with E-state index < -0.39 is 6.03 Å². The molecule has 2 fully saturated rings. The van der Waals surface area contributed by atoms with Gasteiger partial charge in [0, 0.05) is 25.7 Å². The van der Waals surface area contributed by atoms with Crippen LogP contribution < -0.4 is 11.1 Å². The molecule has 1 saturated carbocycles. The maximum atomic E-state index is 10.6. The summed E-state index contributed by atoms with van der Waals surface area (Å²) in [6.45, 7) is 3.32. The first-order valence-electron chi connectivity index (χ1n) is 5.02. The molecule has 0 spiro atoms. The van der Waals surface area contributed by atoms with Crippen LogP contribution in [-0.2, 0) is 0 Å². The summed E-state index contributed by atoms with van der Waals surface area (Å²) in [6, 6.07) is -0.102. The molecule has 1 heterocycles. The molecule has 2 amide bonds. The Morgan fingerprint density at radius 3 is 2.85 bits per heavy atom. The summed E-state index contributed by atoms with van der Waals surface area (Å²) < 4.78 is 0. The van der Waals surface area contributed by atoms with Gasteiger partial charge in [-0.05, 0) is 25.2 Å². The lowest BCUT2D eigenvalue weighted by Gasteiger charge is -2.15. The van der Waals surface area contributed by atoms with Crippen molar-refractivity contribution >= 4 is 6.03 Å². The fourth-order valence-electron chi connectivity index (χ4n) is 1.98. The van der Waals surface area contributed by atoms with E-state index in [1.165, 1.54) is 19.4 Å². The lowest BCUT2D eigenvalue weighted by Crippen LogP contribution is -2.40. The molecule has 3 N–H and O–H groups in total. The van der Waals surface area contributed by atoms with Crippen molar-refractivity contribution in [2.24, 2.45) is 11.7 Å². The summed E-state index contributed by atoms with van der Waals surface area (Å²) in [7, 11) is 0. The van der Waals surface area contributed by atoms with E-state index in [0.717, 1.165) is 25.4 Å². The molecule has 4 nitrogen and oxygen atoms in total. The Labute approximate surface area is 78.5 Å². The van der Waals surface area contributed by atoms with Gasteiger partial charge in [0.05, 0.1) is 0 Å². The van der Waals surface area contributed by atoms with Crippen LogP contribution in [0.4, 0.5) is 4.79 Å². The van der Waals surface area contributed by atoms with Crippen LogP contribution in [0.3, 0.4) is 0 Å². The zero-order chi connectivity index (χ0) is 9.26. The topological polar surface area (TPSA) is 58.4 Å². The largest absolute Gasteiger partial charge is 0.352 e. The predicted molar refractivity (Wildman–Crippen MR) is 50.3 cm³/mol. The summed E-state index contributed by atoms with van der Waals surface area (Å²) in [5.74, 6) is 0.937. The zero-order valence-corrected chi connectivity index (χ0v) is 7.83. The van der Waals surface area contributed by atoms with Crippen LogP contribution in [0.5, 0.6) is 0 Å². The number of hydrogen-bond donors (Lipinski definition) is 2. The van der Waals surface area contributed by atoms with E-state index in [2.05, 4.69) is 10.2 Å². The second kappa shape index (κ2) is 3.54. The van der Waals surface area contributed by atoms with Gasteiger partial charge in [0.2, 0.25) is 0 Å². The molecule has 13 heavy (non-hydrogen) atoms. The van der Waals surface area contributed by atoms with Gasteiger partial charge >= 0.3 is 6.03 Å². The minimum absolute atomic E-state index is 0.288. The minimum Gasteiger partial charge on any atom is -0.352 e. The molecule has 0 aromatic rings. The highest BCUT2D eigenvalue weighted by molar-refractivity contribution is 5.72. The zero-order valence-electron chi connectivity index (χ0n) is 7.83. The number of urea groups is 1. The number of carbonyl (C=O) groups is 1. The van der Waals surface area contributed by atoms with E-state index in [-0.39, 0.29) is 6.04 Å². The third kappa shape index (κ3) is 2.59. The molecule has 1 aliphatic carbocycles. The number of rotatable bonds is 3. The lowest BCUT2D eigenvalue weighted by molar-refractivity contribution is 0.244. The second-order valence-electron chi connectivity index (χ2n) is 4.20. The Kier molecular flexibility index (Phi) is 2.40. The van der Waals surface area contributed by atoms with Crippen LogP contribution in [0.15, 0.2) is 0 Å². The molecule has 2 rings (SSSR count). The average Bonchev–Trinajstić information content (AvgIpc) is 2.73. The highest BCUT2D eigenvalue weighted by Gasteiger charge is 2.29. The summed E-state index contributed by atoms with van der Waals surface area (Å²) >= 11 is 0. The van der Waals surface area contributed by atoms with E-state index in [1.54, 1.807) is 0 Å². The molecule has 0 bridgehead atoms. The minimum atomic E-state index is -0.390. The lowest BCUT2D eigenvalue weighted by atomic mass is 10.3. The number of hydrogen-bond acceptors (Lipinski definition) is 2. The maximum Gasteiger partial charge on any atom is 0.312 e. The molecule has 0 radical (unpaired) electrons. The molecule has 1 atom stereocenters. The van der Waals surface area contributed by atoms with Gasteiger partial charge in [0.1, 0.15) is 0 Å². The Hall–Kier alpha value is -0.770. The Morgan fingerprint density at radius 2 is 2.23 bits per heavy atom. The number of nitrogens with one attached hydrogen (secondary N) is 1. The third-order valence-corrected chi connectivity index (χ3v) is 2.83. The highest BCUT2D eigenvalue weighted by Crippen LogP contribution is 2.30. The Morgan fingerprint density at radius 1 is 1.46 bits per heavy atom. The van der Waals surface area contributed by atoms with Gasteiger partial charge in [0.25, 0.3) is 0 Å². The van der Waals surface area contributed by atoms with Crippen molar-refractivity contribution in [2.75, 3.05) is 19.6 Å². The van der Waals surface area contributed by atoms with Crippen LogP contribution in [-0.4, -0.2) is 36.6 Å². The van der Waals surface area contributed by atoms with E-state index in [4.69, 9.17) is 5.73 Å². The number of nitrogens with two attached hydrogens (primary N) is 1. The standard InChI is InChI=1S/C9H17N3O/c10-9(13)11-8-3-4-12(6-8)5-7-1-2-7/h7-8H,1-6H2,(H3,10,11,13). The first kappa shape index (κ1) is 8.81. The van der Waals surface area contributed by atoms with E-state index in [0.29, 0.717) is 0 Å². The monoisotopic (exact) mass is 183 g/mol. The van der Waals surface area contributed by atoms with Crippen molar-refractivity contribution in [1.29, 1.82) is 0 Å². The second-order valence-corrected chi connectivity index (χ2v) is 4.20. The average molecular weight is 183 g/mol. The van der Waals surface area contributed by atoms with Crippen molar-refractivity contribution < 1.29 is 4.79 Å². The van der Waals surface area contributed by atoms with Gasteiger partial charge in [-0.2, -0.15) is 0 Å². The van der Waals surface area contributed by atoms with Crippen LogP contribution in [0.1, 0.15) is 19.3 Å². The Balaban J connectivity index is 1.69. The summed E-state index contributed by atoms with van der Waals surface area (Å²) in [6.07, 6.45) is 3.84. The Bertz CT molecular complexity index is 203. The molecule has 1 saturated heterocycles. The van der Waals surface area contributed by atoms with Gasteiger partial charge < -0.3 is 16.0 Å². The molecule has 1 aliphatic heterocycles. The summed E-state index contributed by atoms with van der Waals surface area (Å²) in [4.78, 5) is 13.0. The fourth-order valence-corrected chi connectivity index (χ4v) is 1.98. The number of amides is 2. The number of carbonyl (C=O) groups excluding carboxylic acids is 1. The third-order valence-electron chi connectivity index (χ3n) is 2.83. The van der Waals surface area contributed by atoms with Crippen LogP contribution in [0, 0.1) is 5.92 Å².